The Kier molecular flexibility index (Phi) is 5.21. The maximum Gasteiger partial charge on any atom is 0.247 e. The third kappa shape index (κ3) is 3.57. The van der Waals surface area contributed by atoms with Crippen molar-refractivity contribution in [3.63, 3.8) is 0 Å². The highest BCUT2D eigenvalue weighted by Crippen LogP contribution is 2.40. The zero-order valence-electron chi connectivity index (χ0n) is 15.5. The Hall–Kier alpha value is -2.61. The fourth-order valence-electron chi connectivity index (χ4n) is 3.35. The quantitative estimate of drug-likeness (QED) is 0.643. The molecule has 29 heavy (non-hydrogen) atoms. The van der Waals surface area contributed by atoms with E-state index in [0.717, 1.165) is 5.56 Å². The lowest BCUT2D eigenvalue weighted by molar-refractivity contribution is 0.329. The van der Waals surface area contributed by atoms with Crippen molar-refractivity contribution >= 4 is 27.3 Å². The maximum absolute atomic E-state index is 14.8. The van der Waals surface area contributed by atoms with Crippen molar-refractivity contribution in [3.05, 3.63) is 88.7 Å². The van der Waals surface area contributed by atoms with E-state index in [4.69, 9.17) is 16.3 Å². The Bertz CT molecular complexity index is 1150. The van der Waals surface area contributed by atoms with Crippen molar-refractivity contribution in [3.8, 4) is 5.75 Å². The molecule has 0 saturated carbocycles. The summed E-state index contributed by atoms with van der Waals surface area (Å²) >= 11 is 5.96. The summed E-state index contributed by atoms with van der Waals surface area (Å²) in [5, 5.41) is 3.09. The SMILES string of the molecule is COc1ccc(CN2[C@H](c3cccc(Cl)c3F)Nc3ccccc3S2(=O)=O)cc1. The predicted octanol–water partition coefficient (Wildman–Crippen LogP) is 4.80. The molecule has 1 aliphatic heterocycles. The van der Waals surface area contributed by atoms with Crippen molar-refractivity contribution in [2.24, 2.45) is 0 Å². The molecule has 3 aromatic rings. The van der Waals surface area contributed by atoms with Crippen LogP contribution in [0.4, 0.5) is 10.1 Å². The van der Waals surface area contributed by atoms with Crippen LogP contribution in [0.2, 0.25) is 5.02 Å². The number of para-hydroxylation sites is 1. The molecule has 1 heterocycles. The summed E-state index contributed by atoms with van der Waals surface area (Å²) in [5.41, 5.74) is 1.31. The molecule has 8 heteroatoms. The number of halogens is 2. The second-order valence-electron chi connectivity index (χ2n) is 6.58. The highest BCUT2D eigenvalue weighted by Gasteiger charge is 2.40. The van der Waals surface area contributed by atoms with Crippen LogP contribution in [-0.2, 0) is 16.6 Å². The average Bonchev–Trinajstić information content (AvgIpc) is 2.73. The molecule has 0 aliphatic carbocycles. The number of benzene rings is 3. The van der Waals surface area contributed by atoms with E-state index in [1.54, 1.807) is 55.6 Å². The van der Waals surface area contributed by atoms with Gasteiger partial charge in [0.25, 0.3) is 0 Å². The Balaban J connectivity index is 1.83. The number of anilines is 1. The van der Waals surface area contributed by atoms with E-state index >= 15 is 0 Å². The minimum Gasteiger partial charge on any atom is -0.497 e. The van der Waals surface area contributed by atoms with Crippen LogP contribution in [0.15, 0.2) is 71.6 Å². The fourth-order valence-corrected chi connectivity index (χ4v) is 5.20. The number of sulfonamides is 1. The highest BCUT2D eigenvalue weighted by atomic mass is 35.5. The van der Waals surface area contributed by atoms with Gasteiger partial charge in [-0.1, -0.05) is 48.0 Å². The van der Waals surface area contributed by atoms with E-state index < -0.39 is 22.0 Å². The first kappa shape index (κ1) is 19.7. The Morgan fingerprint density at radius 2 is 1.79 bits per heavy atom. The van der Waals surface area contributed by atoms with E-state index in [1.807, 2.05) is 0 Å². The van der Waals surface area contributed by atoms with Gasteiger partial charge in [-0.15, -0.1) is 0 Å². The van der Waals surface area contributed by atoms with Crippen LogP contribution in [0.1, 0.15) is 17.3 Å². The molecule has 0 amide bonds. The minimum atomic E-state index is -3.89. The number of rotatable bonds is 4. The zero-order chi connectivity index (χ0) is 20.6. The monoisotopic (exact) mass is 432 g/mol. The van der Waals surface area contributed by atoms with Crippen molar-refractivity contribution in [1.82, 2.24) is 4.31 Å². The number of fused-ring (bicyclic) bond motifs is 1. The number of hydrogen-bond donors (Lipinski definition) is 1. The number of nitrogens with one attached hydrogen (secondary N) is 1. The fraction of sp³-hybridized carbons (Fsp3) is 0.143. The van der Waals surface area contributed by atoms with Gasteiger partial charge in [0.1, 0.15) is 22.6 Å². The van der Waals surface area contributed by atoms with E-state index in [1.165, 1.54) is 22.5 Å². The van der Waals surface area contributed by atoms with Gasteiger partial charge in [0.05, 0.1) is 17.8 Å². The standard InChI is InChI=1S/C21H18ClFN2O3S/c1-28-15-11-9-14(10-12-15)13-25-21(16-5-4-6-17(22)20(16)23)24-18-7-2-3-8-19(18)29(25,26)27/h2-12,21,24H,13H2,1H3/t21-/m1/s1. The first-order valence-electron chi connectivity index (χ1n) is 8.86. The summed E-state index contributed by atoms with van der Waals surface area (Å²) in [6, 6.07) is 18.2. The number of hydrogen-bond acceptors (Lipinski definition) is 4. The highest BCUT2D eigenvalue weighted by molar-refractivity contribution is 7.89. The van der Waals surface area contributed by atoms with Gasteiger partial charge in [0, 0.05) is 12.1 Å². The van der Waals surface area contributed by atoms with Gasteiger partial charge in [0.2, 0.25) is 10.0 Å². The van der Waals surface area contributed by atoms with Crippen LogP contribution in [0.3, 0.4) is 0 Å². The van der Waals surface area contributed by atoms with Gasteiger partial charge in [0.15, 0.2) is 0 Å². The summed E-state index contributed by atoms with van der Waals surface area (Å²) in [5.74, 6) is 0.0112. The van der Waals surface area contributed by atoms with E-state index in [-0.39, 0.29) is 22.0 Å². The molecule has 0 unspecified atom stereocenters. The van der Waals surface area contributed by atoms with Crippen molar-refractivity contribution in [2.75, 3.05) is 12.4 Å². The number of ether oxygens (including phenoxy) is 1. The van der Waals surface area contributed by atoms with E-state index in [9.17, 15) is 12.8 Å². The third-order valence-electron chi connectivity index (χ3n) is 4.83. The van der Waals surface area contributed by atoms with Gasteiger partial charge in [-0.2, -0.15) is 4.31 Å². The lowest BCUT2D eigenvalue weighted by atomic mass is 10.1. The molecule has 1 aliphatic rings. The number of nitrogens with zero attached hydrogens (tertiary/aromatic N) is 1. The van der Waals surface area contributed by atoms with Gasteiger partial charge >= 0.3 is 0 Å². The van der Waals surface area contributed by atoms with Crippen LogP contribution in [0.25, 0.3) is 0 Å². The van der Waals surface area contributed by atoms with Crippen molar-refractivity contribution < 1.29 is 17.5 Å². The van der Waals surface area contributed by atoms with Crippen LogP contribution in [-0.4, -0.2) is 19.8 Å². The lowest BCUT2D eigenvalue weighted by Crippen LogP contribution is -2.42. The van der Waals surface area contributed by atoms with Crippen LogP contribution in [0, 0.1) is 5.82 Å². The van der Waals surface area contributed by atoms with Gasteiger partial charge in [-0.25, -0.2) is 12.8 Å². The molecule has 4 rings (SSSR count). The molecule has 1 N–H and O–H groups in total. The molecule has 0 fully saturated rings. The minimum absolute atomic E-state index is 0.0459. The summed E-state index contributed by atoms with van der Waals surface area (Å²) in [6.45, 7) is 0.0459. The molecular weight excluding hydrogens is 415 g/mol. The normalized spacial score (nSPS) is 18.0. The second-order valence-corrected chi connectivity index (χ2v) is 8.85. The molecule has 0 bridgehead atoms. The largest absolute Gasteiger partial charge is 0.497 e. The molecule has 0 aromatic heterocycles. The Morgan fingerprint density at radius 1 is 1.07 bits per heavy atom. The van der Waals surface area contributed by atoms with Crippen LogP contribution in [0.5, 0.6) is 5.75 Å². The second kappa shape index (κ2) is 7.67. The molecule has 150 valence electrons. The van der Waals surface area contributed by atoms with E-state index in [0.29, 0.717) is 11.4 Å². The van der Waals surface area contributed by atoms with Crippen molar-refractivity contribution in [2.45, 2.75) is 17.6 Å². The predicted molar refractivity (Wildman–Crippen MR) is 110 cm³/mol. The number of methoxy groups -OCH3 is 1. The molecule has 1 atom stereocenters. The summed E-state index contributed by atoms with van der Waals surface area (Å²) in [7, 11) is -2.34. The molecular formula is C21H18ClFN2O3S. The van der Waals surface area contributed by atoms with E-state index in [2.05, 4.69) is 5.32 Å². The maximum atomic E-state index is 14.8. The smallest absolute Gasteiger partial charge is 0.247 e. The Morgan fingerprint density at radius 3 is 2.52 bits per heavy atom. The molecule has 3 aromatic carbocycles. The van der Waals surface area contributed by atoms with Crippen molar-refractivity contribution in [1.29, 1.82) is 0 Å². The Labute approximate surface area is 173 Å². The first-order valence-corrected chi connectivity index (χ1v) is 10.7. The van der Waals surface area contributed by atoms with Crippen LogP contribution >= 0.6 is 11.6 Å². The summed E-state index contributed by atoms with van der Waals surface area (Å²) in [4.78, 5) is 0.146. The summed E-state index contributed by atoms with van der Waals surface area (Å²) in [6.07, 6.45) is -0.948. The lowest BCUT2D eigenvalue weighted by Gasteiger charge is -2.37. The molecule has 0 spiro atoms. The topological polar surface area (TPSA) is 58.6 Å². The molecule has 5 nitrogen and oxygen atoms in total. The zero-order valence-corrected chi connectivity index (χ0v) is 17.0. The van der Waals surface area contributed by atoms with Gasteiger partial charge < -0.3 is 10.1 Å². The average molecular weight is 433 g/mol. The molecule has 0 radical (unpaired) electrons. The van der Waals surface area contributed by atoms with Crippen LogP contribution < -0.4 is 10.1 Å². The summed E-state index contributed by atoms with van der Waals surface area (Å²) < 4.78 is 48.0. The van der Waals surface area contributed by atoms with Gasteiger partial charge in [-0.05, 0) is 35.9 Å². The third-order valence-corrected chi connectivity index (χ3v) is 6.99. The molecule has 0 saturated heterocycles. The first-order chi connectivity index (χ1) is 13.9. The van der Waals surface area contributed by atoms with Gasteiger partial charge in [-0.3, -0.25) is 0 Å².